The number of alkyl halides is 5. The van der Waals surface area contributed by atoms with Gasteiger partial charge in [-0.05, 0) is 0 Å². The Labute approximate surface area is 66.6 Å². The number of rotatable bonds is 2. The predicted octanol–water partition coefficient (Wildman–Crippen LogP) is 2.95. The third kappa shape index (κ3) is 3.32. The second-order valence-electron chi connectivity index (χ2n) is 1.52. The van der Waals surface area contributed by atoms with Crippen molar-refractivity contribution in [1.29, 1.82) is 0 Å². The van der Waals surface area contributed by atoms with Gasteiger partial charge in [0.2, 0.25) is 0 Å². The highest BCUT2D eigenvalue weighted by Crippen LogP contribution is 2.26. The normalized spacial score (nSPS) is 13.9. The number of halogens is 5. The van der Waals surface area contributed by atoms with Gasteiger partial charge in [-0.1, -0.05) is 6.08 Å². The fraction of sp³-hybridized carbons (Fsp3) is 0.600. The molecule has 0 unspecified atom stereocenters. The first kappa shape index (κ1) is 10.1. The van der Waals surface area contributed by atoms with Crippen molar-refractivity contribution in [3.63, 3.8) is 0 Å². The zero-order valence-electron chi connectivity index (χ0n) is 4.88. The highest BCUT2D eigenvalue weighted by Gasteiger charge is 2.32. The maximum Gasteiger partial charge on any atom is 0.413 e. The summed E-state index contributed by atoms with van der Waals surface area (Å²) in [6.45, 7) is 0. The van der Waals surface area contributed by atoms with E-state index < -0.39 is 17.6 Å². The monoisotopic (exact) mass is 192 g/mol. The van der Waals surface area contributed by atoms with Gasteiger partial charge in [0.1, 0.15) is 0 Å². The molecule has 0 radical (unpaired) electrons. The van der Waals surface area contributed by atoms with Gasteiger partial charge in [-0.15, -0.1) is 23.2 Å². The molecule has 0 N–H and O–H groups in total. The molecule has 60 valence electrons. The molecule has 0 saturated heterocycles. The van der Waals surface area contributed by atoms with E-state index in [0.717, 1.165) is 6.08 Å². The van der Waals surface area contributed by atoms with Crippen LogP contribution in [0.1, 0.15) is 0 Å². The molecule has 0 aromatic carbocycles. The Morgan fingerprint density at radius 3 is 1.90 bits per heavy atom. The standard InChI is InChI=1S/C5H5Cl2F3/c6-2-1-4(3-7)5(8,9)10/h1H,2-3H2. The maximum atomic E-state index is 11.7. The van der Waals surface area contributed by atoms with Crippen LogP contribution in [0.3, 0.4) is 0 Å². The summed E-state index contributed by atoms with van der Waals surface area (Å²) < 4.78 is 35.1. The van der Waals surface area contributed by atoms with Crippen molar-refractivity contribution in [3.05, 3.63) is 11.6 Å². The zero-order chi connectivity index (χ0) is 8.20. The van der Waals surface area contributed by atoms with E-state index in [1.807, 2.05) is 0 Å². The molecule has 0 heterocycles. The van der Waals surface area contributed by atoms with E-state index in [9.17, 15) is 13.2 Å². The first-order chi connectivity index (χ1) is 4.52. The highest BCUT2D eigenvalue weighted by atomic mass is 35.5. The summed E-state index contributed by atoms with van der Waals surface area (Å²) in [6.07, 6.45) is -3.48. The summed E-state index contributed by atoms with van der Waals surface area (Å²) in [5.74, 6) is -0.711. The van der Waals surface area contributed by atoms with Crippen molar-refractivity contribution in [2.45, 2.75) is 6.18 Å². The summed E-state index contributed by atoms with van der Waals surface area (Å²) in [7, 11) is 0. The van der Waals surface area contributed by atoms with Crippen molar-refractivity contribution in [2.75, 3.05) is 11.8 Å². The van der Waals surface area contributed by atoms with Gasteiger partial charge in [0.05, 0.1) is 5.88 Å². The topological polar surface area (TPSA) is 0 Å². The fourth-order valence-electron chi connectivity index (χ4n) is 0.339. The Hall–Kier alpha value is 0.110. The van der Waals surface area contributed by atoms with Gasteiger partial charge in [0.15, 0.2) is 0 Å². The van der Waals surface area contributed by atoms with Crippen LogP contribution in [-0.2, 0) is 0 Å². The summed E-state index contributed by atoms with van der Waals surface area (Å²) in [5.41, 5.74) is -0.788. The van der Waals surface area contributed by atoms with Crippen molar-refractivity contribution in [3.8, 4) is 0 Å². The molecular formula is C5H5Cl2F3. The molecule has 0 aromatic rings. The third-order valence-corrected chi connectivity index (χ3v) is 1.27. The Balaban J connectivity index is 4.21. The summed E-state index contributed by atoms with van der Waals surface area (Å²) in [4.78, 5) is 0. The van der Waals surface area contributed by atoms with Gasteiger partial charge >= 0.3 is 6.18 Å². The molecule has 0 aromatic heterocycles. The van der Waals surface area contributed by atoms with E-state index in [4.69, 9.17) is 23.2 Å². The van der Waals surface area contributed by atoms with Gasteiger partial charge in [0.25, 0.3) is 0 Å². The lowest BCUT2D eigenvalue weighted by atomic mass is 10.3. The lowest BCUT2D eigenvalue weighted by molar-refractivity contribution is -0.0910. The second kappa shape index (κ2) is 4.09. The van der Waals surface area contributed by atoms with Gasteiger partial charge < -0.3 is 0 Å². The molecule has 0 amide bonds. The molecular weight excluding hydrogens is 188 g/mol. The van der Waals surface area contributed by atoms with Crippen molar-refractivity contribution >= 4 is 23.2 Å². The molecule has 5 heteroatoms. The van der Waals surface area contributed by atoms with E-state index in [1.165, 1.54) is 0 Å². The minimum absolute atomic E-state index is 0.165. The average Bonchev–Trinajstić information content (AvgIpc) is 1.80. The highest BCUT2D eigenvalue weighted by molar-refractivity contribution is 6.20. The first-order valence-corrected chi connectivity index (χ1v) is 3.47. The summed E-state index contributed by atoms with van der Waals surface area (Å²) in [5, 5.41) is 0. The molecule has 10 heavy (non-hydrogen) atoms. The molecule has 0 nitrogen and oxygen atoms in total. The van der Waals surface area contributed by atoms with Crippen LogP contribution in [0.4, 0.5) is 13.2 Å². The van der Waals surface area contributed by atoms with Gasteiger partial charge in [-0.2, -0.15) is 13.2 Å². The number of allylic oxidation sites excluding steroid dienone is 2. The Bertz CT molecular complexity index is 127. The van der Waals surface area contributed by atoms with Crippen LogP contribution < -0.4 is 0 Å². The molecule has 0 atom stereocenters. The molecule has 0 aliphatic carbocycles. The lowest BCUT2D eigenvalue weighted by Gasteiger charge is -2.06. The largest absolute Gasteiger partial charge is 0.413 e. The smallest absolute Gasteiger partial charge is 0.166 e. The average molecular weight is 193 g/mol. The molecule has 0 bridgehead atoms. The molecule has 0 aliphatic rings. The van der Waals surface area contributed by atoms with E-state index >= 15 is 0 Å². The Kier molecular flexibility index (Phi) is 4.13. The van der Waals surface area contributed by atoms with Gasteiger partial charge in [-0.3, -0.25) is 0 Å². The van der Waals surface area contributed by atoms with Crippen LogP contribution in [0.25, 0.3) is 0 Å². The van der Waals surface area contributed by atoms with Crippen LogP contribution >= 0.6 is 23.2 Å². The minimum Gasteiger partial charge on any atom is -0.166 e. The quantitative estimate of drug-likeness (QED) is 0.467. The van der Waals surface area contributed by atoms with Crippen LogP contribution in [0.2, 0.25) is 0 Å². The maximum absolute atomic E-state index is 11.7. The van der Waals surface area contributed by atoms with Crippen LogP contribution in [0.15, 0.2) is 11.6 Å². The van der Waals surface area contributed by atoms with E-state index in [1.54, 1.807) is 0 Å². The van der Waals surface area contributed by atoms with Crippen LogP contribution in [0.5, 0.6) is 0 Å². The van der Waals surface area contributed by atoms with E-state index in [2.05, 4.69) is 0 Å². The van der Waals surface area contributed by atoms with Crippen molar-refractivity contribution < 1.29 is 13.2 Å². The lowest BCUT2D eigenvalue weighted by Crippen LogP contribution is -2.13. The SMILES string of the molecule is FC(F)(F)C(=CCCl)CCl. The van der Waals surface area contributed by atoms with Crippen LogP contribution in [0, 0.1) is 0 Å². The number of hydrogen-bond donors (Lipinski definition) is 0. The summed E-state index contributed by atoms with van der Waals surface area (Å²) >= 11 is 10.0. The van der Waals surface area contributed by atoms with Crippen LogP contribution in [-0.4, -0.2) is 17.9 Å². The third-order valence-electron chi connectivity index (χ3n) is 0.832. The van der Waals surface area contributed by atoms with Gasteiger partial charge in [0, 0.05) is 11.5 Å². The minimum atomic E-state index is -4.34. The molecule has 0 aliphatic heterocycles. The molecule has 0 spiro atoms. The molecule has 0 fully saturated rings. The number of hydrogen-bond acceptors (Lipinski definition) is 0. The van der Waals surface area contributed by atoms with Crippen molar-refractivity contribution in [2.24, 2.45) is 0 Å². The van der Waals surface area contributed by atoms with Gasteiger partial charge in [-0.25, -0.2) is 0 Å². The van der Waals surface area contributed by atoms with E-state index in [-0.39, 0.29) is 5.88 Å². The first-order valence-electron chi connectivity index (χ1n) is 2.40. The zero-order valence-corrected chi connectivity index (χ0v) is 6.39. The second-order valence-corrected chi connectivity index (χ2v) is 2.09. The molecule has 0 saturated carbocycles. The molecule has 0 rings (SSSR count). The van der Waals surface area contributed by atoms with Crippen molar-refractivity contribution in [1.82, 2.24) is 0 Å². The Morgan fingerprint density at radius 2 is 1.80 bits per heavy atom. The Morgan fingerprint density at radius 1 is 1.30 bits per heavy atom. The van der Waals surface area contributed by atoms with E-state index in [0.29, 0.717) is 0 Å². The summed E-state index contributed by atoms with van der Waals surface area (Å²) in [6, 6.07) is 0. The predicted molar refractivity (Wildman–Crippen MR) is 35.6 cm³/mol. The fourth-order valence-corrected chi connectivity index (χ4v) is 0.786.